The predicted octanol–water partition coefficient (Wildman–Crippen LogP) is 4.04. The average molecular weight is 446 g/mol. The summed E-state index contributed by atoms with van der Waals surface area (Å²) in [5.74, 6) is 0.306. The Kier molecular flexibility index (Phi) is 5.85. The number of thioether (sulfide) groups is 1. The standard InChI is InChI=1S/C20H16ClN3O3S2/c1-12-4-7-15(10-13(12)2)24-18(23-19(28-3)17(11-22)20(24)25)14-5-8-16(9-6-14)29(21,26)27/h4-10H,1-3H3. The molecule has 3 aromatic rings. The molecule has 9 heteroatoms. The zero-order chi connectivity index (χ0) is 21.3. The van der Waals surface area contributed by atoms with Crippen LogP contribution in [0.4, 0.5) is 0 Å². The van der Waals surface area contributed by atoms with Gasteiger partial charge in [-0.25, -0.2) is 13.4 Å². The smallest absolute Gasteiger partial charge is 0.267 e. The molecule has 148 valence electrons. The Balaban J connectivity index is 2.36. The Morgan fingerprint density at radius 2 is 1.76 bits per heavy atom. The number of nitrogens with zero attached hydrogens (tertiary/aromatic N) is 3. The third-order valence-corrected chi connectivity index (χ3v) is 6.55. The van der Waals surface area contributed by atoms with Gasteiger partial charge in [0.2, 0.25) is 0 Å². The lowest BCUT2D eigenvalue weighted by Gasteiger charge is -2.16. The zero-order valence-corrected chi connectivity index (χ0v) is 18.2. The van der Waals surface area contributed by atoms with Gasteiger partial charge in [0.15, 0.2) is 0 Å². The Morgan fingerprint density at radius 3 is 2.28 bits per heavy atom. The van der Waals surface area contributed by atoms with Crippen molar-refractivity contribution in [2.24, 2.45) is 0 Å². The molecular weight excluding hydrogens is 430 g/mol. The topological polar surface area (TPSA) is 92.8 Å². The van der Waals surface area contributed by atoms with E-state index >= 15 is 0 Å². The Labute approximate surface area is 177 Å². The molecule has 0 spiro atoms. The monoisotopic (exact) mass is 445 g/mol. The summed E-state index contributed by atoms with van der Waals surface area (Å²) in [6.45, 7) is 3.89. The minimum atomic E-state index is -3.87. The zero-order valence-electron chi connectivity index (χ0n) is 15.8. The van der Waals surface area contributed by atoms with E-state index in [9.17, 15) is 18.5 Å². The second-order valence-electron chi connectivity index (χ2n) is 6.30. The molecule has 1 heterocycles. The van der Waals surface area contributed by atoms with E-state index in [2.05, 4.69) is 4.98 Å². The van der Waals surface area contributed by atoms with Crippen molar-refractivity contribution < 1.29 is 8.42 Å². The molecule has 1 aromatic heterocycles. The normalized spacial score (nSPS) is 11.3. The largest absolute Gasteiger partial charge is 0.277 e. The second-order valence-corrected chi connectivity index (χ2v) is 9.66. The number of benzene rings is 2. The summed E-state index contributed by atoms with van der Waals surface area (Å²) in [4.78, 5) is 17.6. The third-order valence-electron chi connectivity index (χ3n) is 4.50. The number of nitriles is 1. The molecule has 6 nitrogen and oxygen atoms in total. The van der Waals surface area contributed by atoms with Crippen LogP contribution in [0.25, 0.3) is 17.1 Å². The first kappa shape index (κ1) is 21.1. The SMILES string of the molecule is CSc1nc(-c2ccc(S(=O)(=O)Cl)cc2)n(-c2ccc(C)c(C)c2)c(=O)c1C#N. The van der Waals surface area contributed by atoms with Crippen molar-refractivity contribution in [3.05, 3.63) is 69.5 Å². The van der Waals surface area contributed by atoms with Gasteiger partial charge in [-0.1, -0.05) is 6.07 Å². The van der Waals surface area contributed by atoms with Crippen molar-refractivity contribution in [1.29, 1.82) is 5.26 Å². The van der Waals surface area contributed by atoms with Gasteiger partial charge in [0.05, 0.1) is 10.6 Å². The molecule has 2 aromatic carbocycles. The van der Waals surface area contributed by atoms with Crippen LogP contribution in [0.3, 0.4) is 0 Å². The minimum absolute atomic E-state index is 0.0422. The summed E-state index contributed by atoms with van der Waals surface area (Å²) in [7, 11) is 1.52. The minimum Gasteiger partial charge on any atom is -0.267 e. The number of rotatable bonds is 4. The van der Waals surface area contributed by atoms with Crippen LogP contribution in [0, 0.1) is 25.2 Å². The lowest BCUT2D eigenvalue weighted by molar-refractivity contribution is 0.609. The van der Waals surface area contributed by atoms with Crippen molar-refractivity contribution in [2.75, 3.05) is 6.26 Å². The lowest BCUT2D eigenvalue weighted by atomic mass is 10.1. The molecule has 0 unspecified atom stereocenters. The van der Waals surface area contributed by atoms with Crippen molar-refractivity contribution in [1.82, 2.24) is 9.55 Å². The average Bonchev–Trinajstić information content (AvgIpc) is 2.69. The van der Waals surface area contributed by atoms with Crippen molar-refractivity contribution in [3.63, 3.8) is 0 Å². The summed E-state index contributed by atoms with van der Waals surface area (Å²) < 4.78 is 24.4. The van der Waals surface area contributed by atoms with E-state index in [0.29, 0.717) is 22.1 Å². The number of hydrogen-bond donors (Lipinski definition) is 0. The maximum absolute atomic E-state index is 13.2. The number of halogens is 1. The first-order valence-corrected chi connectivity index (χ1v) is 11.9. The Bertz CT molecular complexity index is 1310. The quantitative estimate of drug-likeness (QED) is 0.342. The highest BCUT2D eigenvalue weighted by Crippen LogP contribution is 2.26. The van der Waals surface area contributed by atoms with E-state index in [1.54, 1.807) is 12.3 Å². The van der Waals surface area contributed by atoms with Gasteiger partial charge in [-0.3, -0.25) is 9.36 Å². The molecule has 0 atom stereocenters. The first-order valence-electron chi connectivity index (χ1n) is 8.41. The van der Waals surface area contributed by atoms with Crippen LogP contribution >= 0.6 is 22.4 Å². The maximum Gasteiger partial charge on any atom is 0.277 e. The van der Waals surface area contributed by atoms with Crippen LogP contribution in [0.15, 0.2) is 57.2 Å². The highest BCUT2D eigenvalue weighted by Gasteiger charge is 2.19. The molecule has 0 saturated heterocycles. The van der Waals surface area contributed by atoms with E-state index in [1.165, 1.54) is 40.6 Å². The molecule has 0 N–H and O–H groups in total. The fraction of sp³-hybridized carbons (Fsp3) is 0.150. The fourth-order valence-corrected chi connectivity index (χ4v) is 4.09. The molecular formula is C20H16ClN3O3S2. The van der Waals surface area contributed by atoms with E-state index in [4.69, 9.17) is 10.7 Å². The van der Waals surface area contributed by atoms with Crippen molar-refractivity contribution in [3.8, 4) is 23.1 Å². The van der Waals surface area contributed by atoms with Gasteiger partial charge in [0.1, 0.15) is 22.5 Å². The second kappa shape index (κ2) is 8.03. The Hall–Kier alpha value is -2.60. The van der Waals surface area contributed by atoms with Crippen LogP contribution in [0.1, 0.15) is 16.7 Å². The van der Waals surface area contributed by atoms with Crippen molar-refractivity contribution in [2.45, 2.75) is 23.8 Å². The van der Waals surface area contributed by atoms with Gasteiger partial charge in [-0.2, -0.15) is 5.26 Å². The van der Waals surface area contributed by atoms with Gasteiger partial charge in [0, 0.05) is 16.2 Å². The molecule has 0 bridgehead atoms. The van der Waals surface area contributed by atoms with E-state index in [1.807, 2.05) is 32.0 Å². The van der Waals surface area contributed by atoms with Crippen LogP contribution in [0.2, 0.25) is 0 Å². The van der Waals surface area contributed by atoms with Crippen LogP contribution in [0.5, 0.6) is 0 Å². The summed E-state index contributed by atoms with van der Waals surface area (Å²) in [5.41, 5.74) is 2.60. The summed E-state index contributed by atoms with van der Waals surface area (Å²) >= 11 is 1.20. The van der Waals surface area contributed by atoms with Crippen LogP contribution in [-0.4, -0.2) is 24.2 Å². The molecule has 0 aliphatic rings. The summed E-state index contributed by atoms with van der Waals surface area (Å²) in [6.07, 6.45) is 1.73. The van der Waals surface area contributed by atoms with Crippen LogP contribution in [-0.2, 0) is 9.05 Å². The highest BCUT2D eigenvalue weighted by atomic mass is 35.7. The molecule has 0 radical (unpaired) electrons. The van der Waals surface area contributed by atoms with Gasteiger partial charge >= 0.3 is 0 Å². The van der Waals surface area contributed by atoms with E-state index in [-0.39, 0.29) is 10.5 Å². The molecule has 0 fully saturated rings. The number of aromatic nitrogens is 2. The van der Waals surface area contributed by atoms with Crippen LogP contribution < -0.4 is 5.56 Å². The molecule has 0 aliphatic carbocycles. The fourth-order valence-electron chi connectivity index (χ4n) is 2.81. The lowest BCUT2D eigenvalue weighted by Crippen LogP contribution is -2.25. The summed E-state index contributed by atoms with van der Waals surface area (Å²) in [6, 6.07) is 13.2. The van der Waals surface area contributed by atoms with Gasteiger partial charge in [-0.15, -0.1) is 11.8 Å². The molecule has 0 aliphatic heterocycles. The first-order chi connectivity index (χ1) is 13.7. The number of hydrogen-bond acceptors (Lipinski definition) is 6. The third kappa shape index (κ3) is 4.08. The van der Waals surface area contributed by atoms with Crippen molar-refractivity contribution >= 4 is 31.5 Å². The Morgan fingerprint density at radius 1 is 1.10 bits per heavy atom. The van der Waals surface area contributed by atoms with Gasteiger partial charge in [0.25, 0.3) is 14.6 Å². The van der Waals surface area contributed by atoms with E-state index < -0.39 is 14.6 Å². The van der Waals surface area contributed by atoms with E-state index in [0.717, 1.165) is 11.1 Å². The maximum atomic E-state index is 13.2. The summed E-state index contributed by atoms with van der Waals surface area (Å²) in [5, 5.41) is 9.80. The predicted molar refractivity (Wildman–Crippen MR) is 114 cm³/mol. The highest BCUT2D eigenvalue weighted by molar-refractivity contribution is 8.13. The van der Waals surface area contributed by atoms with Gasteiger partial charge in [-0.05, 0) is 67.6 Å². The molecule has 29 heavy (non-hydrogen) atoms. The molecule has 0 amide bonds. The molecule has 3 rings (SSSR count). The molecule has 0 saturated carbocycles. The van der Waals surface area contributed by atoms with Gasteiger partial charge < -0.3 is 0 Å². The number of aryl methyl sites for hydroxylation is 2.